The van der Waals surface area contributed by atoms with Gasteiger partial charge in [-0.25, -0.2) is 14.4 Å². The molecule has 2 saturated heterocycles. The van der Waals surface area contributed by atoms with Gasteiger partial charge in [-0.05, 0) is 112 Å². The molecule has 0 radical (unpaired) electrons. The molecule has 7 amide bonds. The van der Waals surface area contributed by atoms with E-state index in [4.69, 9.17) is 20.3 Å². The van der Waals surface area contributed by atoms with Crippen molar-refractivity contribution in [3.8, 4) is 5.75 Å². The number of urea groups is 1. The second-order valence-corrected chi connectivity index (χ2v) is 37.1. The monoisotopic (exact) mass is 1810 g/mol. The SMILES string of the molecule is CC[C@]1(O)CC2CN(CCc3c([nH]c4ccccc34)[C@@](C)(c3cc4c(cc3OC)N(C)C3[C@]45CCN4CC=C[C@@](CC)([C@@H](O)[C@]3(O)C(=O)CNC(=O)OCCSSC[C@H](CC(=O)[C@H](CC(=O)O)NC(=O)[C@@H](N)CNC(=O)[C@@H](CC(=O)[C@H](Cc3ccccc3)NC(=O)CCNC(=O)CC[C@H](NC(=O)N[C@@H](CCC(=O)O)OC=O)C(=O)O)Cc3ccccc3)C(=O)O)[C@H]45)C2)C1. The van der Waals surface area contributed by atoms with E-state index in [2.05, 4.69) is 87.9 Å². The number of carbonyl (C=O) groups excluding carboxylic acids is 10. The number of carbonyl (C=O) groups is 14. The number of piperidine rings is 1. The van der Waals surface area contributed by atoms with Crippen molar-refractivity contribution in [1.82, 2.24) is 52.0 Å². The number of benzene rings is 4. The maximum Gasteiger partial charge on any atom is 0.407 e. The van der Waals surface area contributed by atoms with Crippen LogP contribution >= 0.6 is 21.6 Å². The number of carboxylic acids is 4. The predicted molar refractivity (Wildman–Crippen MR) is 471 cm³/mol. The number of aliphatic hydroxyl groups is 3. The van der Waals surface area contributed by atoms with E-state index in [1.165, 1.54) is 5.56 Å². The fourth-order valence-electron chi connectivity index (χ4n) is 20.1. The standard InChI is InChI=1S/C90H116N12O24S2/c1-6-87(122)45-54-44-86(3,76-58(28-33-101(48-54)50-87)57-21-14-15-22-62(57)96-76)60-41-59-66(43-69(60)124-5)100(4)82-89(59)30-34-102-32-16-29-88(7-2,81(89)102)83(119)90(82,123)70(106)47-94-85(121)125-35-36-127-128-49-56(79(115)116)40-68(105)65(42-75(111)112)97-78(114)61(91)46-93-77(113)55(37-52-17-10-8-11-18-52)39-67(104)64(38-53-19-12-9-13-20-53)95-72(108)27-31-92-71(107)24-23-63(80(117)118)98-84(120)99-73(126-51-103)25-26-74(109)110/h8-22,29,41,43,51,54-56,61,63-65,73,81-83,96,119,122-123H,6-7,23-28,30-40,42,44-50,91H2,1-5H3,(H,92,107)(H,93,113)(H,94,121)(H,95,108)(H,97,114)(H,109,110)(H,111,112)(H,115,116)(H,117,118)(H2,98,99,120)/t54?,55-,56+,61+,63+,64+,65+,73-,81+,82?,83-,86-,87+,88-,89-,90+/m1/s1. The number of Topliss-reactive ketones (excluding diaryl/α,β-unsaturated/α-hetero) is 3. The molecule has 5 aliphatic heterocycles. The molecule has 17 N–H and O–H groups in total. The highest BCUT2D eigenvalue weighted by Gasteiger charge is 2.78. The highest BCUT2D eigenvalue weighted by atomic mass is 33.1. The highest BCUT2D eigenvalue weighted by molar-refractivity contribution is 8.76. The van der Waals surface area contributed by atoms with E-state index in [9.17, 15) is 93.0 Å². The molecule has 17 atom stereocenters. The van der Waals surface area contributed by atoms with Gasteiger partial charge < -0.3 is 103 Å². The molecular weight excluding hydrogens is 1700 g/mol. The van der Waals surface area contributed by atoms with Crippen LogP contribution in [0.1, 0.15) is 138 Å². The fraction of sp³-hybridized carbons (Fsp3) is 0.533. The molecule has 692 valence electrons. The molecule has 1 aromatic heterocycles. The number of hydrogen-bond acceptors (Lipinski definition) is 26. The quantitative estimate of drug-likeness (QED) is 0.00866. The number of aromatic amines is 1. The van der Waals surface area contributed by atoms with Crippen LogP contribution in [0.25, 0.3) is 10.9 Å². The zero-order valence-electron chi connectivity index (χ0n) is 72.2. The Kier molecular flexibility index (Phi) is 32.8. The van der Waals surface area contributed by atoms with Crippen molar-refractivity contribution in [2.45, 2.75) is 194 Å². The molecule has 11 rings (SSSR count). The van der Waals surface area contributed by atoms with Gasteiger partial charge >= 0.3 is 36.0 Å². The summed E-state index contributed by atoms with van der Waals surface area (Å²) in [5, 5.41) is 95.6. The highest BCUT2D eigenvalue weighted by Crippen LogP contribution is 2.68. The lowest BCUT2D eigenvalue weighted by Crippen LogP contribution is -2.81. The number of H-pyrrole nitrogens is 1. The first-order valence-electron chi connectivity index (χ1n) is 43.1. The number of anilines is 1. The van der Waals surface area contributed by atoms with Gasteiger partial charge in [0.15, 0.2) is 29.2 Å². The van der Waals surface area contributed by atoms with E-state index in [1.54, 1.807) is 67.8 Å². The van der Waals surface area contributed by atoms with E-state index >= 15 is 4.79 Å². The number of aliphatic carboxylic acids is 4. The third kappa shape index (κ3) is 22.3. The lowest BCUT2D eigenvalue weighted by Gasteiger charge is -2.63. The zero-order chi connectivity index (χ0) is 92.6. The summed E-state index contributed by atoms with van der Waals surface area (Å²) in [5.41, 5.74) is 7.08. The van der Waals surface area contributed by atoms with Crippen LogP contribution in [0, 0.1) is 23.2 Å². The summed E-state index contributed by atoms with van der Waals surface area (Å²) in [4.78, 5) is 193. The van der Waals surface area contributed by atoms with Crippen LogP contribution < -0.4 is 52.6 Å². The van der Waals surface area contributed by atoms with Crippen LogP contribution in [0.4, 0.5) is 15.3 Å². The molecule has 5 aromatic rings. The van der Waals surface area contributed by atoms with Crippen LogP contribution in [0.15, 0.2) is 109 Å². The maximum atomic E-state index is 15.4. The Morgan fingerprint density at radius 1 is 0.703 bits per heavy atom. The number of amides is 7. The number of rotatable bonds is 46. The zero-order valence-corrected chi connectivity index (χ0v) is 73.9. The number of carboxylic acid groups (broad SMARTS) is 4. The molecule has 3 unspecified atom stereocenters. The minimum Gasteiger partial charge on any atom is -0.496 e. The first-order chi connectivity index (χ1) is 61.0. The number of ether oxygens (including phenoxy) is 3. The number of fused-ring (bicyclic) bond motifs is 6. The van der Waals surface area contributed by atoms with Crippen LogP contribution in [0.2, 0.25) is 0 Å². The number of aromatic nitrogens is 1. The van der Waals surface area contributed by atoms with E-state index in [-0.39, 0.29) is 68.8 Å². The van der Waals surface area contributed by atoms with E-state index < -0.39 is 210 Å². The summed E-state index contributed by atoms with van der Waals surface area (Å²) < 4.78 is 16.6. The number of nitrogens with one attached hydrogen (secondary N) is 8. The van der Waals surface area contributed by atoms with Gasteiger partial charge in [0.05, 0.1) is 56.1 Å². The van der Waals surface area contributed by atoms with Crippen molar-refractivity contribution in [2.24, 2.45) is 28.9 Å². The van der Waals surface area contributed by atoms with Crippen molar-refractivity contribution in [3.05, 3.63) is 143 Å². The van der Waals surface area contributed by atoms with E-state index in [1.807, 2.05) is 50.1 Å². The van der Waals surface area contributed by atoms with Gasteiger partial charge in [0.2, 0.25) is 23.6 Å². The molecule has 36 nitrogen and oxygen atoms in total. The summed E-state index contributed by atoms with van der Waals surface area (Å²) in [6, 6.07) is 20.8. The third-order valence-corrected chi connectivity index (χ3v) is 28.6. The molecule has 6 heterocycles. The number of nitrogens with two attached hydrogens (primary N) is 1. The Bertz CT molecular complexity index is 4950. The number of para-hydroxylation sites is 1. The van der Waals surface area contributed by atoms with Gasteiger partial charge in [-0.3, -0.25) is 62.5 Å². The Morgan fingerprint density at radius 2 is 1.40 bits per heavy atom. The molecule has 2 bridgehead atoms. The molecule has 3 fully saturated rings. The number of nitrogens with zero attached hydrogens (tertiary/aromatic N) is 3. The second-order valence-electron chi connectivity index (χ2n) is 34.5. The minimum atomic E-state index is -2.50. The molecule has 38 heteroatoms. The Hall–Kier alpha value is -11.0. The number of alkyl carbamates (subject to hydrolysis) is 1. The number of ketones is 3. The predicted octanol–water partition coefficient (Wildman–Crippen LogP) is 3.78. The number of hydrogen-bond donors (Lipinski definition) is 16. The number of likely N-dealkylation sites (N-methyl/N-ethyl adjacent to an activating group) is 1. The molecule has 1 spiro atoms. The summed E-state index contributed by atoms with van der Waals surface area (Å²) >= 11 is 0. The molecule has 1 aliphatic carbocycles. The molecular formula is C90H116N12O24S2. The van der Waals surface area contributed by atoms with Crippen LogP contribution in [-0.4, -0.2) is 278 Å². The lowest BCUT2D eigenvalue weighted by atomic mass is 9.47. The number of aliphatic hydroxyl groups excluding tert-OH is 1. The third-order valence-electron chi connectivity index (χ3n) is 26.2. The van der Waals surface area contributed by atoms with Crippen LogP contribution in [-0.2, 0) is 97.1 Å². The molecule has 6 aliphatic rings. The summed E-state index contributed by atoms with van der Waals surface area (Å²) in [6.45, 7) is 7.63. The van der Waals surface area contributed by atoms with Gasteiger partial charge in [-0.1, -0.05) is 126 Å². The smallest absolute Gasteiger partial charge is 0.407 e. The summed E-state index contributed by atoms with van der Waals surface area (Å²) in [5.74, 6) is -13.6. The first kappa shape index (κ1) is 97.6. The average molecular weight is 1810 g/mol. The second kappa shape index (κ2) is 42.9. The van der Waals surface area contributed by atoms with Crippen molar-refractivity contribution < 1.29 is 117 Å². The molecule has 128 heavy (non-hydrogen) atoms. The van der Waals surface area contributed by atoms with E-state index in [0.29, 0.717) is 68.6 Å². The van der Waals surface area contributed by atoms with Gasteiger partial charge in [-0.2, -0.15) is 0 Å². The van der Waals surface area contributed by atoms with Gasteiger partial charge in [-0.15, -0.1) is 0 Å². The van der Waals surface area contributed by atoms with Crippen LogP contribution in [0.5, 0.6) is 5.75 Å². The van der Waals surface area contributed by atoms with Gasteiger partial charge in [0.1, 0.15) is 30.5 Å². The largest absolute Gasteiger partial charge is 0.496 e. The average Bonchev–Trinajstić information content (AvgIpc) is 1.47. The Morgan fingerprint density at radius 3 is 2.07 bits per heavy atom. The van der Waals surface area contributed by atoms with Crippen molar-refractivity contribution in [2.75, 3.05) is 89.5 Å². The molecule has 1 saturated carbocycles. The number of methoxy groups -OCH3 is 1. The van der Waals surface area contributed by atoms with Gasteiger partial charge in [0.25, 0.3) is 6.47 Å². The maximum absolute atomic E-state index is 15.4. The minimum absolute atomic E-state index is 0.0339. The fourth-order valence-corrected chi connectivity index (χ4v) is 22.2. The van der Waals surface area contributed by atoms with Crippen molar-refractivity contribution in [1.29, 1.82) is 0 Å². The topological polar surface area (TPSA) is 544 Å². The van der Waals surface area contributed by atoms with Crippen molar-refractivity contribution >= 4 is 122 Å². The van der Waals surface area contributed by atoms with Gasteiger partial charge in [0, 0.05) is 152 Å². The van der Waals surface area contributed by atoms with E-state index in [0.717, 1.165) is 74.5 Å². The Balaban J connectivity index is 0.673. The van der Waals surface area contributed by atoms with Crippen molar-refractivity contribution in [3.63, 3.8) is 0 Å². The first-order valence-corrected chi connectivity index (χ1v) is 45.6. The normalized spacial score (nSPS) is 24.7. The summed E-state index contributed by atoms with van der Waals surface area (Å²) in [6.07, 6.45) is -1.09. The summed E-state index contributed by atoms with van der Waals surface area (Å²) in [7, 11) is 5.54. The molecule has 4 aromatic carbocycles. The Labute approximate surface area is 747 Å². The lowest BCUT2D eigenvalue weighted by molar-refractivity contribution is -0.201. The van der Waals surface area contributed by atoms with Crippen LogP contribution in [0.3, 0.4) is 0 Å².